The van der Waals surface area contributed by atoms with Gasteiger partial charge in [0, 0.05) is 25.8 Å². The van der Waals surface area contributed by atoms with E-state index in [2.05, 4.69) is 5.32 Å². The predicted octanol–water partition coefficient (Wildman–Crippen LogP) is 2.68. The van der Waals surface area contributed by atoms with Crippen molar-refractivity contribution in [2.75, 3.05) is 20.3 Å². The second kappa shape index (κ2) is 8.10. The molecule has 0 saturated carbocycles. The number of fused-ring (bicyclic) bond motifs is 1. The molecule has 136 valence electrons. The number of amides is 2. The van der Waals surface area contributed by atoms with Gasteiger partial charge < -0.3 is 15.0 Å². The molecule has 1 atom stereocenters. The highest BCUT2D eigenvalue weighted by molar-refractivity contribution is 5.98. The molecule has 6 heteroatoms. The molecule has 5 nitrogen and oxygen atoms in total. The van der Waals surface area contributed by atoms with Crippen LogP contribution in [0.3, 0.4) is 0 Å². The minimum absolute atomic E-state index is 0.106. The maximum absolute atomic E-state index is 13.3. The fourth-order valence-electron chi connectivity index (χ4n) is 3.16. The number of benzene rings is 2. The van der Waals surface area contributed by atoms with Gasteiger partial charge in [0.25, 0.3) is 5.91 Å². The van der Waals surface area contributed by atoms with Crippen LogP contribution in [0.2, 0.25) is 0 Å². The van der Waals surface area contributed by atoms with Gasteiger partial charge in [0.15, 0.2) is 0 Å². The van der Waals surface area contributed by atoms with Crippen LogP contribution in [-0.4, -0.2) is 37.0 Å². The Labute approximate surface area is 151 Å². The Morgan fingerprint density at radius 2 is 1.96 bits per heavy atom. The van der Waals surface area contributed by atoms with Crippen LogP contribution in [0.1, 0.15) is 33.9 Å². The maximum Gasteiger partial charge on any atom is 0.255 e. The van der Waals surface area contributed by atoms with Gasteiger partial charge in [-0.1, -0.05) is 30.3 Å². The van der Waals surface area contributed by atoms with Gasteiger partial charge in [-0.05, 0) is 29.3 Å². The molecule has 1 aliphatic heterocycles. The normalized spacial score (nSPS) is 14.2. The van der Waals surface area contributed by atoms with Crippen molar-refractivity contribution >= 4 is 11.8 Å². The van der Waals surface area contributed by atoms with Gasteiger partial charge in [-0.25, -0.2) is 4.39 Å². The van der Waals surface area contributed by atoms with Gasteiger partial charge in [0.1, 0.15) is 5.82 Å². The maximum atomic E-state index is 13.3. The molecule has 1 aliphatic rings. The summed E-state index contributed by atoms with van der Waals surface area (Å²) >= 11 is 0. The number of carbonyl (C=O) groups excluding carboxylic acids is 2. The third kappa shape index (κ3) is 3.91. The lowest BCUT2D eigenvalue weighted by molar-refractivity contribution is -0.122. The van der Waals surface area contributed by atoms with Gasteiger partial charge in [-0.3, -0.25) is 9.59 Å². The summed E-state index contributed by atoms with van der Waals surface area (Å²) in [4.78, 5) is 26.8. The molecule has 1 heterocycles. The van der Waals surface area contributed by atoms with Crippen molar-refractivity contribution in [3.8, 4) is 0 Å². The quantitative estimate of drug-likeness (QED) is 0.776. The molecule has 2 aromatic rings. The van der Waals surface area contributed by atoms with E-state index in [1.54, 1.807) is 30.2 Å². The number of carbonyl (C=O) groups is 2. The third-order valence-corrected chi connectivity index (χ3v) is 4.49. The summed E-state index contributed by atoms with van der Waals surface area (Å²) in [5, 5.41) is 2.78. The first-order valence-electron chi connectivity index (χ1n) is 8.50. The van der Waals surface area contributed by atoms with Crippen molar-refractivity contribution in [1.29, 1.82) is 0 Å². The lowest BCUT2D eigenvalue weighted by Crippen LogP contribution is -2.35. The Hall–Kier alpha value is -2.73. The summed E-state index contributed by atoms with van der Waals surface area (Å²) in [6.07, 6.45) is 0.106. The number of ether oxygens (including phenoxy) is 1. The molecule has 0 fully saturated rings. The van der Waals surface area contributed by atoms with E-state index in [4.69, 9.17) is 4.74 Å². The van der Waals surface area contributed by atoms with E-state index in [9.17, 15) is 14.0 Å². The Kier molecular flexibility index (Phi) is 5.63. The first-order valence-corrected chi connectivity index (χ1v) is 8.50. The second-order valence-corrected chi connectivity index (χ2v) is 6.20. The molecule has 0 aliphatic carbocycles. The lowest BCUT2D eigenvalue weighted by Gasteiger charge is -2.28. The minimum Gasteiger partial charge on any atom is -0.383 e. The number of nitrogens with zero attached hydrogens (tertiary/aromatic N) is 1. The second-order valence-electron chi connectivity index (χ2n) is 6.20. The third-order valence-electron chi connectivity index (χ3n) is 4.49. The molecule has 0 spiro atoms. The monoisotopic (exact) mass is 356 g/mol. The molecule has 3 rings (SSSR count). The number of methoxy groups -OCH3 is 1. The van der Waals surface area contributed by atoms with Crippen LogP contribution in [0.5, 0.6) is 0 Å². The molecule has 0 unspecified atom stereocenters. The molecule has 0 saturated heterocycles. The molecule has 2 aromatic carbocycles. The molecule has 0 bridgehead atoms. The average molecular weight is 356 g/mol. The van der Waals surface area contributed by atoms with Crippen LogP contribution in [0.15, 0.2) is 48.5 Å². The predicted molar refractivity (Wildman–Crippen MR) is 95.0 cm³/mol. The highest BCUT2D eigenvalue weighted by Gasteiger charge is 2.34. The zero-order valence-corrected chi connectivity index (χ0v) is 14.6. The molecule has 26 heavy (non-hydrogen) atoms. The molecule has 0 radical (unpaired) electrons. The van der Waals surface area contributed by atoms with Crippen molar-refractivity contribution in [3.05, 3.63) is 71.0 Å². The van der Waals surface area contributed by atoms with Crippen LogP contribution < -0.4 is 5.32 Å². The van der Waals surface area contributed by atoms with E-state index in [0.29, 0.717) is 25.3 Å². The zero-order chi connectivity index (χ0) is 18.5. The standard InChI is InChI=1S/C20H21FN2O3/c1-26-11-10-22-19(24)12-18(14-6-8-16(21)9-7-14)23-13-15-4-2-3-5-17(15)20(23)25/h2-9,18H,10-13H2,1H3,(H,22,24)/t18-/m0/s1. The average Bonchev–Trinajstić information content (AvgIpc) is 2.98. The summed E-state index contributed by atoms with van der Waals surface area (Å²) in [6.45, 7) is 1.25. The highest BCUT2D eigenvalue weighted by Crippen LogP contribution is 2.33. The van der Waals surface area contributed by atoms with Crippen molar-refractivity contribution in [3.63, 3.8) is 0 Å². The number of nitrogens with one attached hydrogen (secondary N) is 1. The van der Waals surface area contributed by atoms with Gasteiger partial charge in [-0.2, -0.15) is 0 Å². The van der Waals surface area contributed by atoms with Gasteiger partial charge in [0.05, 0.1) is 19.1 Å². The van der Waals surface area contributed by atoms with E-state index in [0.717, 1.165) is 11.1 Å². The van der Waals surface area contributed by atoms with E-state index in [1.807, 2.05) is 18.2 Å². The Bertz CT molecular complexity index is 792. The number of hydrogen-bond donors (Lipinski definition) is 1. The molecular formula is C20H21FN2O3. The summed E-state index contributed by atoms with van der Waals surface area (Å²) in [7, 11) is 1.56. The highest BCUT2D eigenvalue weighted by atomic mass is 19.1. The van der Waals surface area contributed by atoms with Crippen LogP contribution in [-0.2, 0) is 16.1 Å². The number of rotatable bonds is 7. The topological polar surface area (TPSA) is 58.6 Å². The molecule has 2 amide bonds. The van der Waals surface area contributed by atoms with E-state index in [1.165, 1.54) is 12.1 Å². The van der Waals surface area contributed by atoms with Crippen LogP contribution in [0.4, 0.5) is 4.39 Å². The largest absolute Gasteiger partial charge is 0.383 e. The van der Waals surface area contributed by atoms with Gasteiger partial charge in [0.2, 0.25) is 5.91 Å². The van der Waals surface area contributed by atoms with Crippen LogP contribution in [0, 0.1) is 5.82 Å². The molecule has 1 N–H and O–H groups in total. The van der Waals surface area contributed by atoms with E-state index < -0.39 is 6.04 Å². The smallest absolute Gasteiger partial charge is 0.255 e. The van der Waals surface area contributed by atoms with Crippen molar-refractivity contribution in [1.82, 2.24) is 10.2 Å². The van der Waals surface area contributed by atoms with E-state index >= 15 is 0 Å². The summed E-state index contributed by atoms with van der Waals surface area (Å²) in [5.74, 6) is -0.646. The SMILES string of the molecule is COCCNC(=O)C[C@@H](c1ccc(F)cc1)N1Cc2ccccc2C1=O. The van der Waals surface area contributed by atoms with Crippen LogP contribution >= 0.6 is 0 Å². The number of halogens is 1. The first-order chi connectivity index (χ1) is 12.6. The summed E-state index contributed by atoms with van der Waals surface area (Å²) in [6, 6.07) is 12.9. The Morgan fingerprint density at radius 3 is 2.65 bits per heavy atom. The van der Waals surface area contributed by atoms with Crippen LogP contribution in [0.25, 0.3) is 0 Å². The fraction of sp³-hybridized carbons (Fsp3) is 0.300. The van der Waals surface area contributed by atoms with Gasteiger partial charge in [-0.15, -0.1) is 0 Å². The zero-order valence-electron chi connectivity index (χ0n) is 14.6. The summed E-state index contributed by atoms with van der Waals surface area (Å²) in [5.41, 5.74) is 2.32. The van der Waals surface area contributed by atoms with Crippen molar-refractivity contribution < 1.29 is 18.7 Å². The minimum atomic E-state index is -0.460. The van der Waals surface area contributed by atoms with Crippen molar-refractivity contribution in [2.24, 2.45) is 0 Å². The van der Waals surface area contributed by atoms with E-state index in [-0.39, 0.29) is 24.1 Å². The molecular weight excluding hydrogens is 335 g/mol. The number of hydrogen-bond acceptors (Lipinski definition) is 3. The Morgan fingerprint density at radius 1 is 1.23 bits per heavy atom. The molecule has 0 aromatic heterocycles. The van der Waals surface area contributed by atoms with Gasteiger partial charge >= 0.3 is 0 Å². The van der Waals surface area contributed by atoms with Crippen molar-refractivity contribution in [2.45, 2.75) is 19.0 Å². The lowest BCUT2D eigenvalue weighted by atomic mass is 10.0. The fourth-order valence-corrected chi connectivity index (χ4v) is 3.16. The Balaban J connectivity index is 1.83. The first kappa shape index (κ1) is 18.1. The summed E-state index contributed by atoms with van der Waals surface area (Å²) < 4.78 is 18.2.